The van der Waals surface area contributed by atoms with Crippen molar-refractivity contribution in [2.45, 2.75) is 45.1 Å². The van der Waals surface area contributed by atoms with Crippen molar-refractivity contribution in [2.75, 3.05) is 6.61 Å². The summed E-state index contributed by atoms with van der Waals surface area (Å²) in [4.78, 5) is 2.38. The van der Waals surface area contributed by atoms with E-state index in [1.165, 1.54) is 16.0 Å². The van der Waals surface area contributed by atoms with E-state index in [9.17, 15) is 5.11 Å². The molecule has 23 heavy (non-hydrogen) atoms. The predicted molar refractivity (Wildman–Crippen MR) is 98.7 cm³/mol. The molecule has 1 unspecified atom stereocenters. The lowest BCUT2D eigenvalue weighted by Gasteiger charge is -2.20. The molecule has 1 aromatic heterocycles. The molecule has 122 valence electrons. The molecular formula is C20H25NOS. The topological polar surface area (TPSA) is 46.2 Å². The van der Waals surface area contributed by atoms with Crippen molar-refractivity contribution in [1.29, 1.82) is 0 Å². The van der Waals surface area contributed by atoms with E-state index in [0.29, 0.717) is 0 Å². The molecule has 0 aliphatic heterocycles. The Hall–Kier alpha value is -1.60. The van der Waals surface area contributed by atoms with E-state index in [1.54, 1.807) is 11.3 Å². The van der Waals surface area contributed by atoms with Gasteiger partial charge in [0.25, 0.3) is 0 Å². The molecular weight excluding hydrogens is 302 g/mol. The number of aliphatic hydroxyl groups excluding tert-OH is 1. The number of aliphatic hydroxyl groups is 1. The highest BCUT2D eigenvalue weighted by Gasteiger charge is 2.16. The van der Waals surface area contributed by atoms with Gasteiger partial charge in [-0.15, -0.1) is 11.3 Å². The zero-order valence-electron chi connectivity index (χ0n) is 13.9. The summed E-state index contributed by atoms with van der Waals surface area (Å²) in [6.07, 6.45) is 3.54. The molecule has 0 bridgehead atoms. The zero-order valence-corrected chi connectivity index (χ0v) is 14.7. The Morgan fingerprint density at radius 2 is 1.87 bits per heavy atom. The molecule has 0 amide bonds. The van der Waals surface area contributed by atoms with Crippen molar-refractivity contribution < 1.29 is 5.11 Å². The highest BCUT2D eigenvalue weighted by atomic mass is 32.1. The van der Waals surface area contributed by atoms with Crippen molar-refractivity contribution in [2.24, 2.45) is 5.73 Å². The first-order valence-corrected chi connectivity index (χ1v) is 8.83. The molecule has 0 spiro atoms. The molecule has 0 saturated heterocycles. The Morgan fingerprint density at radius 3 is 2.57 bits per heavy atom. The normalized spacial score (nSPS) is 13.2. The molecule has 0 aliphatic carbocycles. The van der Waals surface area contributed by atoms with Gasteiger partial charge in [0, 0.05) is 16.8 Å². The van der Waals surface area contributed by atoms with Crippen LogP contribution in [-0.2, 0) is 12.8 Å². The molecule has 3 N–H and O–H groups in total. The number of thiophene rings is 1. The largest absolute Gasteiger partial charge is 0.394 e. The Balaban J connectivity index is 1.81. The fourth-order valence-electron chi connectivity index (χ4n) is 2.18. The van der Waals surface area contributed by atoms with Gasteiger partial charge in [-0.05, 0) is 50.8 Å². The fourth-order valence-corrected chi connectivity index (χ4v) is 3.06. The van der Waals surface area contributed by atoms with Crippen molar-refractivity contribution in [1.82, 2.24) is 0 Å². The molecule has 0 fully saturated rings. The summed E-state index contributed by atoms with van der Waals surface area (Å²) in [5.41, 5.74) is 8.09. The van der Waals surface area contributed by atoms with Crippen LogP contribution >= 0.6 is 11.3 Å². The maximum atomic E-state index is 9.19. The molecule has 3 heteroatoms. The number of hydrogen-bond acceptors (Lipinski definition) is 3. The van der Waals surface area contributed by atoms with Crippen LogP contribution in [0.25, 0.3) is 0 Å². The number of hydrogen-bond donors (Lipinski definition) is 2. The highest BCUT2D eigenvalue weighted by molar-refractivity contribution is 7.12. The van der Waals surface area contributed by atoms with Gasteiger partial charge in [0.2, 0.25) is 0 Å². The van der Waals surface area contributed by atoms with E-state index in [0.717, 1.165) is 30.6 Å². The number of aryl methyl sites for hydroxylation is 3. The average Bonchev–Trinajstić information content (AvgIpc) is 2.99. The minimum absolute atomic E-state index is 0.0179. The summed E-state index contributed by atoms with van der Waals surface area (Å²) in [5, 5.41) is 9.19. The van der Waals surface area contributed by atoms with Gasteiger partial charge in [0.15, 0.2) is 0 Å². The number of rotatable bonds is 6. The van der Waals surface area contributed by atoms with E-state index in [4.69, 9.17) is 5.73 Å². The summed E-state index contributed by atoms with van der Waals surface area (Å²) in [6.45, 7) is 4.00. The van der Waals surface area contributed by atoms with Gasteiger partial charge in [-0.1, -0.05) is 41.7 Å². The third-order valence-electron chi connectivity index (χ3n) is 3.84. The third-order valence-corrected chi connectivity index (χ3v) is 4.90. The van der Waals surface area contributed by atoms with Gasteiger partial charge in [0.05, 0.1) is 11.5 Å². The molecule has 0 saturated carbocycles. The first-order valence-electron chi connectivity index (χ1n) is 8.01. The second-order valence-electron chi connectivity index (χ2n) is 6.37. The molecule has 1 atom stereocenters. The molecule has 0 aliphatic rings. The Bertz CT molecular complexity index is 674. The second-order valence-corrected chi connectivity index (χ2v) is 7.53. The van der Waals surface area contributed by atoms with Crippen molar-refractivity contribution >= 4 is 11.3 Å². The van der Waals surface area contributed by atoms with E-state index in [-0.39, 0.29) is 6.61 Å². The monoisotopic (exact) mass is 327 g/mol. The number of benzene rings is 1. The van der Waals surface area contributed by atoms with Crippen LogP contribution in [0.4, 0.5) is 0 Å². The van der Waals surface area contributed by atoms with Gasteiger partial charge < -0.3 is 10.8 Å². The van der Waals surface area contributed by atoms with Crippen LogP contribution in [0.2, 0.25) is 0 Å². The average molecular weight is 327 g/mol. The van der Waals surface area contributed by atoms with E-state index < -0.39 is 5.54 Å². The van der Waals surface area contributed by atoms with E-state index in [1.807, 2.05) is 6.92 Å². The van der Waals surface area contributed by atoms with Crippen molar-refractivity contribution in [3.05, 3.63) is 57.3 Å². The molecule has 2 nitrogen and oxygen atoms in total. The summed E-state index contributed by atoms with van der Waals surface area (Å²) >= 11 is 1.72. The smallest absolute Gasteiger partial charge is 0.0771 e. The standard InChI is InChI=1S/C20H25NOS/c1-16-7-9-17(10-8-16)5-3-4-6-18-11-12-19(23-18)13-14-20(2,21)15-22/h7-12,22H,3,5,13-15,21H2,1-2H3. The first-order chi connectivity index (χ1) is 11.0. The summed E-state index contributed by atoms with van der Waals surface area (Å²) in [6, 6.07) is 12.8. The summed E-state index contributed by atoms with van der Waals surface area (Å²) in [5.74, 6) is 6.50. The van der Waals surface area contributed by atoms with Crippen LogP contribution < -0.4 is 5.73 Å². The highest BCUT2D eigenvalue weighted by Crippen LogP contribution is 2.19. The lowest BCUT2D eigenvalue weighted by molar-refractivity contribution is 0.201. The van der Waals surface area contributed by atoms with Crippen LogP contribution in [-0.4, -0.2) is 17.3 Å². The quantitative estimate of drug-likeness (QED) is 0.795. The van der Waals surface area contributed by atoms with E-state index in [2.05, 4.69) is 55.2 Å². The Morgan fingerprint density at radius 1 is 1.13 bits per heavy atom. The van der Waals surface area contributed by atoms with Crippen LogP contribution in [0.15, 0.2) is 36.4 Å². The van der Waals surface area contributed by atoms with Gasteiger partial charge in [-0.3, -0.25) is 0 Å². The Labute approximate surface area is 143 Å². The molecule has 2 aromatic rings. The minimum Gasteiger partial charge on any atom is -0.394 e. The van der Waals surface area contributed by atoms with Gasteiger partial charge in [-0.25, -0.2) is 0 Å². The molecule has 2 rings (SSSR count). The third kappa shape index (κ3) is 6.19. The summed E-state index contributed by atoms with van der Waals surface area (Å²) < 4.78 is 0. The van der Waals surface area contributed by atoms with Crippen molar-refractivity contribution in [3.8, 4) is 11.8 Å². The lowest BCUT2D eigenvalue weighted by atomic mass is 9.98. The van der Waals surface area contributed by atoms with Crippen LogP contribution in [0, 0.1) is 18.8 Å². The van der Waals surface area contributed by atoms with Gasteiger partial charge in [0.1, 0.15) is 0 Å². The van der Waals surface area contributed by atoms with Crippen LogP contribution in [0.1, 0.15) is 40.6 Å². The number of nitrogens with two attached hydrogens (primary N) is 1. The van der Waals surface area contributed by atoms with Crippen LogP contribution in [0.3, 0.4) is 0 Å². The summed E-state index contributed by atoms with van der Waals surface area (Å²) in [7, 11) is 0. The maximum absolute atomic E-state index is 9.19. The Kier molecular flexibility index (Phi) is 6.41. The van der Waals surface area contributed by atoms with E-state index >= 15 is 0 Å². The predicted octanol–water partition coefficient (Wildman–Crippen LogP) is 3.68. The molecule has 1 aromatic carbocycles. The zero-order chi connectivity index (χ0) is 16.7. The lowest BCUT2D eigenvalue weighted by Crippen LogP contribution is -2.40. The van der Waals surface area contributed by atoms with Crippen LogP contribution in [0.5, 0.6) is 0 Å². The molecule has 0 radical (unpaired) electrons. The van der Waals surface area contributed by atoms with Gasteiger partial charge in [-0.2, -0.15) is 0 Å². The molecule has 1 heterocycles. The van der Waals surface area contributed by atoms with Gasteiger partial charge >= 0.3 is 0 Å². The first kappa shape index (κ1) is 17.7. The fraction of sp³-hybridized carbons (Fsp3) is 0.400. The SMILES string of the molecule is Cc1ccc(CCC#Cc2ccc(CCC(C)(N)CO)s2)cc1. The second kappa shape index (κ2) is 8.31. The maximum Gasteiger partial charge on any atom is 0.0771 e. The van der Waals surface area contributed by atoms with Crippen molar-refractivity contribution in [3.63, 3.8) is 0 Å². The minimum atomic E-state index is -0.496.